The maximum Gasteiger partial charge on any atom is 0.357 e. The molecule has 0 aliphatic heterocycles. The van der Waals surface area contributed by atoms with Crippen molar-refractivity contribution in [2.45, 2.75) is 26.4 Å². The van der Waals surface area contributed by atoms with Gasteiger partial charge in [0.2, 0.25) is 0 Å². The minimum absolute atomic E-state index is 0.331. The van der Waals surface area contributed by atoms with Crippen LogP contribution in [0.3, 0.4) is 0 Å². The van der Waals surface area contributed by atoms with Crippen LogP contribution in [-0.4, -0.2) is 21.5 Å². The van der Waals surface area contributed by atoms with Crippen LogP contribution in [0.5, 0.6) is 0 Å². The van der Waals surface area contributed by atoms with Crippen LogP contribution < -0.4 is 0 Å². The lowest BCUT2D eigenvalue weighted by Crippen LogP contribution is -2.24. The molecule has 3 aromatic rings. The lowest BCUT2D eigenvalue weighted by molar-refractivity contribution is 0.00631. The Bertz CT molecular complexity index is 846. The van der Waals surface area contributed by atoms with Crippen molar-refractivity contribution in [3.05, 3.63) is 39.7 Å². The number of hydrogen-bond acceptors (Lipinski definition) is 3. The second-order valence-corrected chi connectivity index (χ2v) is 7.18. The fraction of sp³-hybridized carbons (Fsp3) is 0.250. The van der Waals surface area contributed by atoms with Gasteiger partial charge in [-0.3, -0.25) is 0 Å². The molecular formula is C16H15IN2O2. The first-order valence-corrected chi connectivity index (χ1v) is 7.72. The van der Waals surface area contributed by atoms with Gasteiger partial charge in [-0.25, -0.2) is 9.78 Å². The SMILES string of the molecule is CC(C)(C)OC(=O)c1cc2c(cn1)[nH]c1ccc(I)cc12. The smallest absolute Gasteiger partial charge is 0.357 e. The van der Waals surface area contributed by atoms with Crippen molar-refractivity contribution in [2.24, 2.45) is 0 Å². The molecule has 0 saturated heterocycles. The highest BCUT2D eigenvalue weighted by Crippen LogP contribution is 2.27. The second-order valence-electron chi connectivity index (χ2n) is 5.93. The fourth-order valence-corrected chi connectivity index (χ4v) is 2.70. The van der Waals surface area contributed by atoms with Gasteiger partial charge in [-0.1, -0.05) is 0 Å². The number of hydrogen-bond donors (Lipinski definition) is 1. The Balaban J connectivity index is 2.12. The molecule has 0 saturated carbocycles. The number of rotatable bonds is 1. The molecule has 3 rings (SSSR count). The van der Waals surface area contributed by atoms with Gasteiger partial charge in [0, 0.05) is 19.9 Å². The van der Waals surface area contributed by atoms with Crippen molar-refractivity contribution in [3.8, 4) is 0 Å². The number of carbonyl (C=O) groups excluding carboxylic acids is 1. The zero-order valence-electron chi connectivity index (χ0n) is 12.0. The molecule has 0 unspecified atom stereocenters. The summed E-state index contributed by atoms with van der Waals surface area (Å²) < 4.78 is 6.52. The number of fused-ring (bicyclic) bond motifs is 3. The van der Waals surface area contributed by atoms with Gasteiger partial charge in [-0.2, -0.15) is 0 Å². The van der Waals surface area contributed by atoms with Crippen molar-refractivity contribution in [3.63, 3.8) is 0 Å². The molecule has 0 amide bonds. The molecule has 0 aliphatic rings. The van der Waals surface area contributed by atoms with E-state index >= 15 is 0 Å². The predicted octanol–water partition coefficient (Wildman–Crippen LogP) is 4.28. The number of aromatic amines is 1. The summed E-state index contributed by atoms with van der Waals surface area (Å²) in [4.78, 5) is 19.6. The molecule has 2 aromatic heterocycles. The maximum atomic E-state index is 12.1. The van der Waals surface area contributed by atoms with Gasteiger partial charge in [0.25, 0.3) is 0 Å². The Morgan fingerprint density at radius 3 is 2.62 bits per heavy atom. The molecule has 2 heterocycles. The first-order chi connectivity index (χ1) is 9.83. The van der Waals surface area contributed by atoms with E-state index in [-0.39, 0.29) is 0 Å². The van der Waals surface area contributed by atoms with E-state index in [1.165, 1.54) is 0 Å². The van der Waals surface area contributed by atoms with E-state index in [4.69, 9.17) is 4.74 Å². The van der Waals surface area contributed by atoms with Crippen LogP contribution in [0.15, 0.2) is 30.5 Å². The molecule has 4 nitrogen and oxygen atoms in total. The minimum atomic E-state index is -0.524. The number of esters is 1. The van der Waals surface area contributed by atoms with Crippen LogP contribution in [0.25, 0.3) is 21.8 Å². The Labute approximate surface area is 136 Å². The third kappa shape index (κ3) is 2.88. The summed E-state index contributed by atoms with van der Waals surface area (Å²) in [7, 11) is 0. The van der Waals surface area contributed by atoms with Gasteiger partial charge in [-0.15, -0.1) is 0 Å². The molecule has 0 atom stereocenters. The Kier molecular flexibility index (Phi) is 3.39. The first kappa shape index (κ1) is 14.3. The average Bonchev–Trinajstić information content (AvgIpc) is 2.74. The summed E-state index contributed by atoms with van der Waals surface area (Å²) >= 11 is 2.28. The van der Waals surface area contributed by atoms with Crippen molar-refractivity contribution >= 4 is 50.4 Å². The molecule has 21 heavy (non-hydrogen) atoms. The van der Waals surface area contributed by atoms with Crippen molar-refractivity contribution in [1.82, 2.24) is 9.97 Å². The summed E-state index contributed by atoms with van der Waals surface area (Å²) in [5.41, 5.74) is 1.76. The van der Waals surface area contributed by atoms with Crippen LogP contribution in [-0.2, 0) is 4.74 Å². The lowest BCUT2D eigenvalue weighted by Gasteiger charge is -2.18. The summed E-state index contributed by atoms with van der Waals surface area (Å²) in [6.07, 6.45) is 1.68. The molecule has 0 spiro atoms. The van der Waals surface area contributed by atoms with Crippen molar-refractivity contribution < 1.29 is 9.53 Å². The fourth-order valence-electron chi connectivity index (χ4n) is 2.21. The standard InChI is InChI=1S/C16H15IN2O2/c1-16(2,3)21-15(20)13-7-11-10-6-9(17)4-5-12(10)19-14(11)8-18-13/h4-8,19H,1-3H3. The largest absolute Gasteiger partial charge is 0.455 e. The minimum Gasteiger partial charge on any atom is -0.455 e. The highest BCUT2D eigenvalue weighted by Gasteiger charge is 2.19. The number of carbonyl (C=O) groups is 1. The van der Waals surface area contributed by atoms with E-state index in [1.54, 1.807) is 12.3 Å². The zero-order valence-corrected chi connectivity index (χ0v) is 14.2. The number of aromatic nitrogens is 2. The van der Waals surface area contributed by atoms with Gasteiger partial charge < -0.3 is 9.72 Å². The predicted molar refractivity (Wildman–Crippen MR) is 91.5 cm³/mol. The van der Waals surface area contributed by atoms with Crippen LogP contribution >= 0.6 is 22.6 Å². The number of ether oxygens (including phenoxy) is 1. The van der Waals surface area contributed by atoms with E-state index < -0.39 is 11.6 Å². The maximum absolute atomic E-state index is 12.1. The summed E-state index contributed by atoms with van der Waals surface area (Å²) in [6, 6.07) is 7.96. The van der Waals surface area contributed by atoms with Crippen molar-refractivity contribution in [1.29, 1.82) is 0 Å². The lowest BCUT2D eigenvalue weighted by atomic mass is 10.1. The quantitative estimate of drug-likeness (QED) is 0.495. The Hall–Kier alpha value is -1.63. The van der Waals surface area contributed by atoms with Crippen LogP contribution in [0.4, 0.5) is 0 Å². The average molecular weight is 394 g/mol. The van der Waals surface area contributed by atoms with Gasteiger partial charge in [0.05, 0.1) is 11.7 Å². The molecular weight excluding hydrogens is 379 g/mol. The summed E-state index contributed by atoms with van der Waals surface area (Å²) in [5, 5.41) is 2.07. The number of nitrogens with zero attached hydrogens (tertiary/aromatic N) is 1. The molecule has 1 N–H and O–H groups in total. The van der Waals surface area contributed by atoms with Gasteiger partial charge in [-0.05, 0) is 67.6 Å². The number of benzene rings is 1. The first-order valence-electron chi connectivity index (χ1n) is 6.64. The Morgan fingerprint density at radius 2 is 1.90 bits per heavy atom. The van der Waals surface area contributed by atoms with Crippen LogP contribution in [0, 0.1) is 3.57 Å². The van der Waals surface area contributed by atoms with Gasteiger partial charge in [0.1, 0.15) is 11.3 Å². The van der Waals surface area contributed by atoms with E-state index in [9.17, 15) is 4.79 Å². The van der Waals surface area contributed by atoms with E-state index in [0.717, 1.165) is 25.4 Å². The topological polar surface area (TPSA) is 55.0 Å². The van der Waals surface area contributed by atoms with Crippen molar-refractivity contribution in [2.75, 3.05) is 0 Å². The summed E-state index contributed by atoms with van der Waals surface area (Å²) in [6.45, 7) is 5.53. The van der Waals surface area contributed by atoms with Crippen LogP contribution in [0.1, 0.15) is 31.3 Å². The number of nitrogens with one attached hydrogen (secondary N) is 1. The van der Waals surface area contributed by atoms with Gasteiger partial charge >= 0.3 is 5.97 Å². The van der Waals surface area contributed by atoms with E-state index in [0.29, 0.717) is 5.69 Å². The molecule has 0 fully saturated rings. The Morgan fingerprint density at radius 1 is 1.19 bits per heavy atom. The normalized spacial score (nSPS) is 12.0. The molecule has 0 aliphatic carbocycles. The monoisotopic (exact) mass is 394 g/mol. The van der Waals surface area contributed by atoms with E-state index in [2.05, 4.69) is 38.6 Å². The third-order valence-corrected chi connectivity index (χ3v) is 3.72. The third-order valence-electron chi connectivity index (χ3n) is 3.05. The second kappa shape index (κ2) is 4.98. The number of pyridine rings is 1. The zero-order chi connectivity index (χ0) is 15.2. The molecule has 0 bridgehead atoms. The summed E-state index contributed by atoms with van der Waals surface area (Å²) in [5.74, 6) is -0.399. The number of H-pyrrole nitrogens is 1. The highest BCUT2D eigenvalue weighted by atomic mass is 127. The molecule has 5 heteroatoms. The molecule has 0 radical (unpaired) electrons. The molecule has 108 valence electrons. The molecule has 1 aromatic carbocycles. The van der Waals surface area contributed by atoms with E-state index in [1.807, 2.05) is 32.9 Å². The van der Waals surface area contributed by atoms with Crippen LogP contribution in [0.2, 0.25) is 0 Å². The highest BCUT2D eigenvalue weighted by molar-refractivity contribution is 14.1. The number of halogens is 1. The van der Waals surface area contributed by atoms with Gasteiger partial charge in [0.15, 0.2) is 0 Å².